The Kier molecular flexibility index (Phi) is 3.24. The third-order valence-corrected chi connectivity index (χ3v) is 5.54. The van der Waals surface area contributed by atoms with Crippen LogP contribution in [-0.2, 0) is 12.8 Å². The molecule has 2 atom stereocenters. The van der Waals surface area contributed by atoms with Crippen LogP contribution in [0.5, 0.6) is 0 Å². The lowest BCUT2D eigenvalue weighted by Gasteiger charge is -2.30. The van der Waals surface area contributed by atoms with Crippen LogP contribution in [0, 0.1) is 5.92 Å². The highest BCUT2D eigenvalue weighted by molar-refractivity contribution is 7.18. The van der Waals surface area contributed by atoms with E-state index >= 15 is 0 Å². The molecule has 2 unspecified atom stereocenters. The van der Waals surface area contributed by atoms with Crippen molar-refractivity contribution in [2.75, 3.05) is 0 Å². The molecule has 0 saturated carbocycles. The second-order valence-electron chi connectivity index (χ2n) is 5.80. The van der Waals surface area contributed by atoms with Crippen LogP contribution in [0.15, 0.2) is 48.5 Å². The topological polar surface area (TPSA) is 38.9 Å². The Balaban J connectivity index is 1.60. The number of hydrogen-bond acceptors (Lipinski definition) is 3. The molecule has 2 N–H and O–H groups in total. The standard InChI is InChI=1S/C18H18N2S/c19-18-13(10-9-12-5-1-2-6-14(12)18)11-17-20-15-7-3-4-8-16(15)21-17/h1-8,13,18H,9-11,19H2. The summed E-state index contributed by atoms with van der Waals surface area (Å²) in [4.78, 5) is 4.76. The van der Waals surface area contributed by atoms with Crippen molar-refractivity contribution in [3.05, 3.63) is 64.7 Å². The van der Waals surface area contributed by atoms with Crippen LogP contribution in [0.25, 0.3) is 10.2 Å². The van der Waals surface area contributed by atoms with E-state index in [4.69, 9.17) is 10.7 Å². The van der Waals surface area contributed by atoms with Crippen molar-refractivity contribution in [1.82, 2.24) is 4.98 Å². The van der Waals surface area contributed by atoms with Gasteiger partial charge in [-0.2, -0.15) is 0 Å². The number of nitrogens with two attached hydrogens (primary N) is 1. The van der Waals surface area contributed by atoms with Gasteiger partial charge >= 0.3 is 0 Å². The van der Waals surface area contributed by atoms with E-state index in [1.165, 1.54) is 20.8 Å². The number of para-hydroxylation sites is 1. The molecular weight excluding hydrogens is 276 g/mol. The number of aryl methyl sites for hydroxylation is 1. The minimum absolute atomic E-state index is 0.141. The van der Waals surface area contributed by atoms with Crippen LogP contribution in [0.4, 0.5) is 0 Å². The first-order valence-electron chi connectivity index (χ1n) is 7.49. The van der Waals surface area contributed by atoms with Crippen molar-refractivity contribution in [2.24, 2.45) is 11.7 Å². The van der Waals surface area contributed by atoms with Gasteiger partial charge in [0.15, 0.2) is 0 Å². The van der Waals surface area contributed by atoms with Gasteiger partial charge in [-0.3, -0.25) is 0 Å². The molecule has 21 heavy (non-hydrogen) atoms. The van der Waals surface area contributed by atoms with Crippen molar-refractivity contribution >= 4 is 21.6 Å². The van der Waals surface area contributed by atoms with Crippen LogP contribution < -0.4 is 5.73 Å². The molecule has 1 aromatic heterocycles. The number of hydrogen-bond donors (Lipinski definition) is 1. The first-order chi connectivity index (χ1) is 10.3. The second-order valence-corrected chi connectivity index (χ2v) is 6.92. The van der Waals surface area contributed by atoms with E-state index in [1.807, 2.05) is 11.3 Å². The molecule has 0 radical (unpaired) electrons. The first-order valence-corrected chi connectivity index (χ1v) is 8.31. The van der Waals surface area contributed by atoms with Gasteiger partial charge in [-0.25, -0.2) is 4.98 Å². The predicted octanol–water partition coefficient (Wildman–Crippen LogP) is 4.10. The molecule has 2 aromatic carbocycles. The first kappa shape index (κ1) is 13.0. The van der Waals surface area contributed by atoms with Crippen molar-refractivity contribution in [3.8, 4) is 0 Å². The van der Waals surface area contributed by atoms with E-state index < -0.39 is 0 Å². The molecule has 3 aromatic rings. The second kappa shape index (κ2) is 5.24. The van der Waals surface area contributed by atoms with Gasteiger partial charge in [-0.05, 0) is 42.0 Å². The number of rotatable bonds is 2. The normalized spacial score (nSPS) is 21.4. The Morgan fingerprint density at radius 2 is 1.90 bits per heavy atom. The number of benzene rings is 2. The molecule has 3 heteroatoms. The minimum Gasteiger partial charge on any atom is -0.324 e. The van der Waals surface area contributed by atoms with Gasteiger partial charge in [0.2, 0.25) is 0 Å². The molecule has 1 heterocycles. The third kappa shape index (κ3) is 2.37. The summed E-state index contributed by atoms with van der Waals surface area (Å²) in [6.45, 7) is 0. The van der Waals surface area contributed by atoms with Gasteiger partial charge in [0.25, 0.3) is 0 Å². The zero-order chi connectivity index (χ0) is 14.2. The van der Waals surface area contributed by atoms with E-state index in [0.717, 1.165) is 24.8 Å². The van der Waals surface area contributed by atoms with Crippen molar-refractivity contribution in [1.29, 1.82) is 0 Å². The van der Waals surface area contributed by atoms with E-state index in [1.54, 1.807) is 0 Å². The van der Waals surface area contributed by atoms with Crippen LogP contribution in [-0.4, -0.2) is 4.98 Å². The zero-order valence-corrected chi connectivity index (χ0v) is 12.6. The molecule has 0 fully saturated rings. The fourth-order valence-corrected chi connectivity index (χ4v) is 4.38. The highest BCUT2D eigenvalue weighted by Gasteiger charge is 2.27. The lowest BCUT2D eigenvalue weighted by Crippen LogP contribution is -2.28. The smallest absolute Gasteiger partial charge is 0.0942 e. The van der Waals surface area contributed by atoms with Crippen molar-refractivity contribution in [2.45, 2.75) is 25.3 Å². The van der Waals surface area contributed by atoms with Crippen LogP contribution in [0.2, 0.25) is 0 Å². The lowest BCUT2D eigenvalue weighted by atomic mass is 9.79. The molecule has 2 nitrogen and oxygen atoms in total. The van der Waals surface area contributed by atoms with Crippen molar-refractivity contribution in [3.63, 3.8) is 0 Å². The van der Waals surface area contributed by atoms with Gasteiger partial charge in [-0.15, -0.1) is 11.3 Å². The summed E-state index contributed by atoms with van der Waals surface area (Å²) in [5.41, 5.74) is 10.4. The van der Waals surface area contributed by atoms with Crippen LogP contribution in [0.1, 0.15) is 28.6 Å². The molecule has 0 aliphatic heterocycles. The van der Waals surface area contributed by atoms with Gasteiger partial charge in [0.1, 0.15) is 0 Å². The van der Waals surface area contributed by atoms with Crippen LogP contribution in [0.3, 0.4) is 0 Å². The lowest BCUT2D eigenvalue weighted by molar-refractivity contribution is 0.376. The maximum Gasteiger partial charge on any atom is 0.0942 e. The van der Waals surface area contributed by atoms with Gasteiger partial charge < -0.3 is 5.73 Å². The van der Waals surface area contributed by atoms with E-state index in [2.05, 4.69) is 48.5 Å². The Bertz CT molecular complexity index is 744. The van der Waals surface area contributed by atoms with Gasteiger partial charge in [0, 0.05) is 12.5 Å². The highest BCUT2D eigenvalue weighted by atomic mass is 32.1. The summed E-state index contributed by atoms with van der Waals surface area (Å²) in [7, 11) is 0. The average Bonchev–Trinajstić information content (AvgIpc) is 2.93. The Morgan fingerprint density at radius 1 is 1.10 bits per heavy atom. The van der Waals surface area contributed by atoms with E-state index in [-0.39, 0.29) is 6.04 Å². The summed E-state index contributed by atoms with van der Waals surface area (Å²) in [6, 6.07) is 17.1. The Labute approximate surface area is 128 Å². The molecule has 0 saturated heterocycles. The summed E-state index contributed by atoms with van der Waals surface area (Å²) in [6.07, 6.45) is 3.29. The van der Waals surface area contributed by atoms with Gasteiger partial charge in [-0.1, -0.05) is 36.4 Å². The molecule has 0 bridgehead atoms. The number of fused-ring (bicyclic) bond motifs is 2. The third-order valence-electron chi connectivity index (χ3n) is 4.48. The Morgan fingerprint density at radius 3 is 2.81 bits per heavy atom. The molecule has 0 amide bonds. The quantitative estimate of drug-likeness (QED) is 0.773. The largest absolute Gasteiger partial charge is 0.324 e. The molecule has 106 valence electrons. The minimum atomic E-state index is 0.141. The molecular formula is C18H18N2S. The number of nitrogens with zero attached hydrogens (tertiary/aromatic N) is 1. The van der Waals surface area contributed by atoms with E-state index in [9.17, 15) is 0 Å². The number of aromatic nitrogens is 1. The zero-order valence-electron chi connectivity index (χ0n) is 11.8. The summed E-state index contributed by atoms with van der Waals surface area (Å²) in [5.74, 6) is 0.500. The summed E-state index contributed by atoms with van der Waals surface area (Å²) in [5, 5.41) is 1.22. The Hall–Kier alpha value is -1.71. The maximum atomic E-state index is 6.51. The average molecular weight is 294 g/mol. The number of thiazole rings is 1. The van der Waals surface area contributed by atoms with Gasteiger partial charge in [0.05, 0.1) is 15.2 Å². The monoisotopic (exact) mass is 294 g/mol. The molecule has 1 aliphatic rings. The SMILES string of the molecule is NC1c2ccccc2CCC1Cc1nc2ccccc2s1. The van der Waals surface area contributed by atoms with E-state index in [0.29, 0.717) is 5.92 Å². The molecule has 1 aliphatic carbocycles. The fourth-order valence-electron chi connectivity index (χ4n) is 3.32. The summed E-state index contributed by atoms with van der Waals surface area (Å²) >= 11 is 1.81. The highest BCUT2D eigenvalue weighted by Crippen LogP contribution is 2.35. The van der Waals surface area contributed by atoms with Crippen LogP contribution >= 0.6 is 11.3 Å². The predicted molar refractivity (Wildman–Crippen MR) is 88.5 cm³/mol. The van der Waals surface area contributed by atoms with Crippen molar-refractivity contribution < 1.29 is 0 Å². The molecule has 0 spiro atoms. The summed E-state index contributed by atoms with van der Waals surface area (Å²) < 4.78 is 1.28. The maximum absolute atomic E-state index is 6.51. The molecule has 4 rings (SSSR count). The fraction of sp³-hybridized carbons (Fsp3) is 0.278.